The molecule has 3 amide bonds. The Labute approximate surface area is 191 Å². The predicted octanol–water partition coefficient (Wildman–Crippen LogP) is 2.11. The lowest BCUT2D eigenvalue weighted by molar-refractivity contribution is -0.137. The third kappa shape index (κ3) is 4.98. The topological polar surface area (TPSA) is 73.0 Å². The van der Waals surface area contributed by atoms with Crippen LogP contribution in [0.3, 0.4) is 0 Å². The third-order valence-corrected chi connectivity index (χ3v) is 7.44. The normalized spacial score (nSPS) is 22.6. The van der Waals surface area contributed by atoms with Gasteiger partial charge in [-0.05, 0) is 56.4 Å². The van der Waals surface area contributed by atoms with E-state index in [1.54, 1.807) is 4.90 Å². The van der Waals surface area contributed by atoms with Crippen LogP contribution < -0.4 is 10.2 Å². The molecule has 1 aromatic carbocycles. The van der Waals surface area contributed by atoms with Gasteiger partial charge in [0.1, 0.15) is 5.92 Å². The molecule has 2 saturated heterocycles. The van der Waals surface area contributed by atoms with Gasteiger partial charge in [-0.1, -0.05) is 18.9 Å². The highest BCUT2D eigenvalue weighted by atomic mass is 16.2. The van der Waals surface area contributed by atoms with Crippen LogP contribution in [-0.2, 0) is 14.4 Å². The summed E-state index contributed by atoms with van der Waals surface area (Å²) in [5.41, 5.74) is 3.21. The summed E-state index contributed by atoms with van der Waals surface area (Å²) in [5, 5.41) is 2.96. The molecule has 3 fully saturated rings. The van der Waals surface area contributed by atoms with Gasteiger partial charge in [0.25, 0.3) is 0 Å². The lowest BCUT2D eigenvalue weighted by Gasteiger charge is -2.36. The van der Waals surface area contributed by atoms with Crippen LogP contribution in [0.25, 0.3) is 0 Å². The first-order valence-electron chi connectivity index (χ1n) is 12.1. The van der Waals surface area contributed by atoms with Crippen molar-refractivity contribution in [1.29, 1.82) is 0 Å². The highest BCUT2D eigenvalue weighted by Gasteiger charge is 2.37. The van der Waals surface area contributed by atoms with E-state index in [-0.39, 0.29) is 17.7 Å². The number of anilines is 1. The number of hydrogen-bond acceptors (Lipinski definition) is 4. The number of rotatable bonds is 6. The maximum Gasteiger partial charge on any atom is 0.239 e. The fraction of sp³-hybridized carbons (Fsp3) is 0.640. The van der Waals surface area contributed by atoms with E-state index in [4.69, 9.17) is 0 Å². The molecule has 174 valence electrons. The van der Waals surface area contributed by atoms with Crippen LogP contribution in [-0.4, -0.2) is 73.3 Å². The first-order valence-corrected chi connectivity index (χ1v) is 12.1. The quantitative estimate of drug-likeness (QED) is 0.688. The molecule has 2 heterocycles. The molecular weight excluding hydrogens is 404 g/mol. The number of aryl methyl sites for hydroxylation is 2. The molecule has 0 bridgehead atoms. The Morgan fingerprint density at radius 2 is 1.69 bits per heavy atom. The zero-order valence-corrected chi connectivity index (χ0v) is 19.4. The van der Waals surface area contributed by atoms with Gasteiger partial charge in [0.05, 0.1) is 0 Å². The minimum absolute atomic E-state index is 0.107. The summed E-state index contributed by atoms with van der Waals surface area (Å²) in [6.45, 7) is 9.18. The van der Waals surface area contributed by atoms with Gasteiger partial charge in [-0.15, -0.1) is 0 Å². The molecule has 2 aliphatic heterocycles. The lowest BCUT2D eigenvalue weighted by Crippen LogP contribution is -2.51. The monoisotopic (exact) mass is 440 g/mol. The number of nitrogens with one attached hydrogen (secondary N) is 1. The molecule has 1 aliphatic carbocycles. The van der Waals surface area contributed by atoms with Gasteiger partial charge in [-0.25, -0.2) is 0 Å². The Kier molecular flexibility index (Phi) is 7.13. The van der Waals surface area contributed by atoms with E-state index < -0.39 is 5.92 Å². The minimum Gasteiger partial charge on any atom is -0.354 e. The van der Waals surface area contributed by atoms with Crippen molar-refractivity contribution in [3.63, 3.8) is 0 Å². The Bertz CT molecular complexity index is 857. The van der Waals surface area contributed by atoms with Gasteiger partial charge in [-0.3, -0.25) is 19.3 Å². The average Bonchev–Trinajstić information content (AvgIpc) is 3.46. The molecule has 0 radical (unpaired) electrons. The number of piperazine rings is 1. The number of carbonyl (C=O) groups is 3. The highest BCUT2D eigenvalue weighted by molar-refractivity contribution is 6.09. The SMILES string of the molecule is Cc1ccc(N2CCC(C(=O)NCCN3CCN(C(=O)C4CCCC4)CC3)C2=O)cc1C. The van der Waals surface area contributed by atoms with Crippen molar-refractivity contribution in [2.75, 3.05) is 50.7 Å². The van der Waals surface area contributed by atoms with E-state index in [2.05, 4.69) is 17.1 Å². The first-order chi connectivity index (χ1) is 15.4. The standard InChI is InChI=1S/C25H36N4O3/c1-18-7-8-21(17-19(18)2)29-11-9-22(25(29)32)23(30)26-10-12-27-13-15-28(16-14-27)24(31)20-5-3-4-6-20/h7-8,17,20,22H,3-6,9-16H2,1-2H3,(H,26,30). The number of amides is 3. The van der Waals surface area contributed by atoms with Gasteiger partial charge in [0.2, 0.25) is 17.7 Å². The van der Waals surface area contributed by atoms with Gasteiger partial charge in [-0.2, -0.15) is 0 Å². The Morgan fingerprint density at radius 1 is 0.969 bits per heavy atom. The second kappa shape index (κ2) is 10.0. The van der Waals surface area contributed by atoms with E-state index in [1.165, 1.54) is 18.4 Å². The van der Waals surface area contributed by atoms with Crippen LogP contribution in [0.15, 0.2) is 18.2 Å². The maximum absolute atomic E-state index is 12.8. The second-order valence-electron chi connectivity index (χ2n) is 9.54. The van der Waals surface area contributed by atoms with Crippen LogP contribution in [0.5, 0.6) is 0 Å². The molecule has 1 aromatic rings. The molecule has 1 N–H and O–H groups in total. The summed E-state index contributed by atoms with van der Waals surface area (Å²) < 4.78 is 0. The third-order valence-electron chi connectivity index (χ3n) is 7.44. The minimum atomic E-state index is -0.600. The van der Waals surface area contributed by atoms with Crippen molar-refractivity contribution in [2.45, 2.75) is 46.0 Å². The smallest absolute Gasteiger partial charge is 0.239 e. The van der Waals surface area contributed by atoms with Crippen molar-refractivity contribution >= 4 is 23.4 Å². The molecule has 1 saturated carbocycles. The number of nitrogens with zero attached hydrogens (tertiary/aromatic N) is 3. The van der Waals surface area contributed by atoms with Crippen LogP contribution in [0.1, 0.15) is 43.2 Å². The number of benzene rings is 1. The van der Waals surface area contributed by atoms with Crippen molar-refractivity contribution in [2.24, 2.45) is 11.8 Å². The summed E-state index contributed by atoms with van der Waals surface area (Å²) >= 11 is 0. The van der Waals surface area contributed by atoms with Crippen LogP contribution in [0.2, 0.25) is 0 Å². The fourth-order valence-electron chi connectivity index (χ4n) is 5.16. The summed E-state index contributed by atoms with van der Waals surface area (Å²) in [6.07, 6.45) is 5.02. The molecule has 0 aromatic heterocycles. The van der Waals surface area contributed by atoms with Gasteiger partial charge in [0, 0.05) is 57.4 Å². The van der Waals surface area contributed by atoms with Gasteiger partial charge < -0.3 is 15.1 Å². The van der Waals surface area contributed by atoms with E-state index in [0.29, 0.717) is 25.4 Å². The van der Waals surface area contributed by atoms with Crippen LogP contribution >= 0.6 is 0 Å². The van der Waals surface area contributed by atoms with E-state index in [0.717, 1.165) is 56.8 Å². The largest absolute Gasteiger partial charge is 0.354 e. The summed E-state index contributed by atoms with van der Waals surface area (Å²) in [5.74, 6) is -0.296. The number of carbonyl (C=O) groups excluding carboxylic acids is 3. The average molecular weight is 441 g/mol. The summed E-state index contributed by atoms with van der Waals surface area (Å²) in [4.78, 5) is 44.1. The van der Waals surface area contributed by atoms with Crippen LogP contribution in [0, 0.1) is 25.7 Å². The molecule has 7 nitrogen and oxygen atoms in total. The molecule has 1 atom stereocenters. The lowest BCUT2D eigenvalue weighted by atomic mass is 10.1. The van der Waals surface area contributed by atoms with E-state index in [1.807, 2.05) is 30.0 Å². The zero-order valence-electron chi connectivity index (χ0n) is 19.4. The van der Waals surface area contributed by atoms with Crippen molar-refractivity contribution in [3.05, 3.63) is 29.3 Å². The number of hydrogen-bond donors (Lipinski definition) is 1. The van der Waals surface area contributed by atoms with Gasteiger partial charge in [0.15, 0.2) is 0 Å². The Morgan fingerprint density at radius 3 is 2.38 bits per heavy atom. The molecule has 0 spiro atoms. The molecule has 3 aliphatic rings. The fourth-order valence-corrected chi connectivity index (χ4v) is 5.16. The maximum atomic E-state index is 12.8. The molecule has 32 heavy (non-hydrogen) atoms. The molecular formula is C25H36N4O3. The summed E-state index contributed by atoms with van der Waals surface area (Å²) in [7, 11) is 0. The van der Waals surface area contributed by atoms with E-state index in [9.17, 15) is 14.4 Å². The Hall–Kier alpha value is -2.41. The van der Waals surface area contributed by atoms with Crippen molar-refractivity contribution in [1.82, 2.24) is 15.1 Å². The predicted molar refractivity (Wildman–Crippen MR) is 124 cm³/mol. The van der Waals surface area contributed by atoms with Crippen LogP contribution in [0.4, 0.5) is 5.69 Å². The van der Waals surface area contributed by atoms with Crippen molar-refractivity contribution < 1.29 is 14.4 Å². The Balaban J connectivity index is 1.19. The molecule has 7 heteroatoms. The van der Waals surface area contributed by atoms with Crippen molar-refractivity contribution in [3.8, 4) is 0 Å². The first kappa shape index (κ1) is 22.8. The van der Waals surface area contributed by atoms with Gasteiger partial charge >= 0.3 is 0 Å². The second-order valence-corrected chi connectivity index (χ2v) is 9.54. The molecule has 4 rings (SSSR count). The zero-order chi connectivity index (χ0) is 22.7. The van der Waals surface area contributed by atoms with E-state index >= 15 is 0 Å². The summed E-state index contributed by atoms with van der Waals surface area (Å²) in [6, 6.07) is 5.99. The highest BCUT2D eigenvalue weighted by Crippen LogP contribution is 2.28. The molecule has 1 unspecified atom stereocenters.